The van der Waals surface area contributed by atoms with E-state index in [4.69, 9.17) is 4.42 Å². The summed E-state index contributed by atoms with van der Waals surface area (Å²) in [5, 5.41) is 0. The molecule has 0 saturated carbocycles. The van der Waals surface area contributed by atoms with Crippen LogP contribution in [-0.2, 0) is 11.0 Å². The molecule has 0 aliphatic carbocycles. The number of hydrogen-bond donors (Lipinski definition) is 0. The van der Waals surface area contributed by atoms with Crippen molar-refractivity contribution in [3.8, 4) is 11.3 Å². The summed E-state index contributed by atoms with van der Waals surface area (Å²) in [4.78, 5) is 10.3. The summed E-state index contributed by atoms with van der Waals surface area (Å²) in [6.45, 7) is 0. The van der Waals surface area contributed by atoms with Crippen LogP contribution in [0, 0.1) is 0 Å². The van der Waals surface area contributed by atoms with Crippen molar-refractivity contribution in [3.05, 3.63) is 47.7 Å². The zero-order chi connectivity index (χ0) is 12.5. The van der Waals surface area contributed by atoms with E-state index in [1.54, 1.807) is 0 Å². The summed E-state index contributed by atoms with van der Waals surface area (Å²) in [7, 11) is 0. The Morgan fingerprint density at radius 3 is 2.47 bits per heavy atom. The van der Waals surface area contributed by atoms with Gasteiger partial charge in [0.1, 0.15) is 5.76 Å². The molecule has 0 spiro atoms. The van der Waals surface area contributed by atoms with Gasteiger partial charge in [0, 0.05) is 5.56 Å². The Balaban J connectivity index is 2.42. The molecular formula is C12H6F3O2. The fourth-order valence-corrected chi connectivity index (χ4v) is 1.40. The molecule has 1 aromatic carbocycles. The average Bonchev–Trinajstić information content (AvgIpc) is 2.76. The molecule has 0 saturated heterocycles. The maximum Gasteiger partial charge on any atom is 0.416 e. The van der Waals surface area contributed by atoms with Crippen LogP contribution in [0.3, 0.4) is 0 Å². The average molecular weight is 239 g/mol. The minimum absolute atomic E-state index is 0.0441. The zero-order valence-electron chi connectivity index (χ0n) is 8.41. The van der Waals surface area contributed by atoms with E-state index in [-0.39, 0.29) is 17.1 Å². The first-order valence-electron chi connectivity index (χ1n) is 4.66. The Bertz CT molecular complexity index is 541. The van der Waals surface area contributed by atoms with Gasteiger partial charge in [-0.25, -0.2) is 0 Å². The molecule has 5 heteroatoms. The number of rotatable bonds is 2. The molecule has 2 aromatic rings. The fourth-order valence-electron chi connectivity index (χ4n) is 1.40. The maximum atomic E-state index is 12.5. The van der Waals surface area contributed by atoms with E-state index in [0.717, 1.165) is 12.1 Å². The SMILES string of the molecule is O=[C]c1ccc(-c2cccc(C(F)(F)F)c2)o1. The second kappa shape index (κ2) is 4.08. The molecule has 2 nitrogen and oxygen atoms in total. The first kappa shape index (κ1) is 11.4. The summed E-state index contributed by atoms with van der Waals surface area (Å²) in [6.07, 6.45) is -2.88. The third kappa shape index (κ3) is 2.38. The predicted octanol–water partition coefficient (Wildman–Crippen LogP) is 3.42. The Morgan fingerprint density at radius 2 is 1.88 bits per heavy atom. The van der Waals surface area contributed by atoms with Crippen molar-refractivity contribution in [3.63, 3.8) is 0 Å². The summed E-state index contributed by atoms with van der Waals surface area (Å²) >= 11 is 0. The topological polar surface area (TPSA) is 30.2 Å². The number of benzene rings is 1. The highest BCUT2D eigenvalue weighted by atomic mass is 19.4. The van der Waals surface area contributed by atoms with Gasteiger partial charge in [0.25, 0.3) is 6.29 Å². The number of hydrogen-bond acceptors (Lipinski definition) is 2. The highest BCUT2D eigenvalue weighted by Gasteiger charge is 2.30. The van der Waals surface area contributed by atoms with Gasteiger partial charge in [-0.1, -0.05) is 12.1 Å². The monoisotopic (exact) mass is 239 g/mol. The van der Waals surface area contributed by atoms with Gasteiger partial charge in [-0.15, -0.1) is 0 Å². The van der Waals surface area contributed by atoms with E-state index in [0.29, 0.717) is 0 Å². The fraction of sp³-hybridized carbons (Fsp3) is 0.0833. The molecule has 0 amide bonds. The van der Waals surface area contributed by atoms with Crippen molar-refractivity contribution in [2.45, 2.75) is 6.18 Å². The molecule has 0 N–H and O–H groups in total. The van der Waals surface area contributed by atoms with E-state index in [1.807, 2.05) is 0 Å². The molecule has 0 unspecified atom stereocenters. The van der Waals surface area contributed by atoms with Gasteiger partial charge < -0.3 is 4.42 Å². The molecule has 1 heterocycles. The van der Waals surface area contributed by atoms with Gasteiger partial charge in [-0.05, 0) is 24.3 Å². The summed E-state index contributed by atoms with van der Waals surface area (Å²) in [6, 6.07) is 7.47. The van der Waals surface area contributed by atoms with Gasteiger partial charge in [0.2, 0.25) is 0 Å². The third-order valence-electron chi connectivity index (χ3n) is 2.18. The van der Waals surface area contributed by atoms with Gasteiger partial charge in [-0.3, -0.25) is 4.79 Å². The van der Waals surface area contributed by atoms with E-state index in [9.17, 15) is 18.0 Å². The molecule has 2 rings (SSSR count). The van der Waals surface area contributed by atoms with Crippen LogP contribution in [0.4, 0.5) is 13.2 Å². The van der Waals surface area contributed by atoms with Gasteiger partial charge >= 0.3 is 6.18 Å². The van der Waals surface area contributed by atoms with Crippen LogP contribution < -0.4 is 0 Å². The van der Waals surface area contributed by atoms with E-state index in [2.05, 4.69) is 0 Å². The van der Waals surface area contributed by atoms with Crippen molar-refractivity contribution in [1.82, 2.24) is 0 Å². The van der Waals surface area contributed by atoms with Crippen LogP contribution in [0.25, 0.3) is 11.3 Å². The normalized spacial score (nSPS) is 11.5. The van der Waals surface area contributed by atoms with Gasteiger partial charge in [0.05, 0.1) is 5.56 Å². The Hall–Kier alpha value is -2.04. The molecule has 0 fully saturated rings. The van der Waals surface area contributed by atoms with Crippen LogP contribution in [0.2, 0.25) is 0 Å². The number of halogens is 3. The third-order valence-corrected chi connectivity index (χ3v) is 2.18. The summed E-state index contributed by atoms with van der Waals surface area (Å²) in [5.74, 6) is 0.159. The lowest BCUT2D eigenvalue weighted by atomic mass is 10.1. The van der Waals surface area contributed by atoms with Crippen LogP contribution in [-0.4, -0.2) is 6.29 Å². The number of carbonyl (C=O) groups excluding carboxylic acids is 1. The molecule has 1 radical (unpaired) electrons. The molecule has 0 atom stereocenters. The van der Waals surface area contributed by atoms with Gasteiger partial charge in [0.15, 0.2) is 5.76 Å². The lowest BCUT2D eigenvalue weighted by Crippen LogP contribution is -2.04. The smallest absolute Gasteiger partial charge is 0.416 e. The first-order valence-corrected chi connectivity index (χ1v) is 4.66. The standard InChI is InChI=1S/C12H6F3O2/c13-12(14,15)9-3-1-2-8(6-9)11-5-4-10(7-16)17-11/h1-6H. The summed E-state index contributed by atoms with van der Waals surface area (Å²) < 4.78 is 42.4. The van der Waals surface area contributed by atoms with Crippen LogP contribution in [0.15, 0.2) is 40.8 Å². The summed E-state index contributed by atoms with van der Waals surface area (Å²) in [5.41, 5.74) is -0.496. The van der Waals surface area contributed by atoms with Crippen LogP contribution in [0.1, 0.15) is 11.3 Å². The molecule has 1 aromatic heterocycles. The van der Waals surface area contributed by atoms with Crippen molar-refractivity contribution < 1.29 is 22.4 Å². The maximum absolute atomic E-state index is 12.5. The Kier molecular flexibility index (Phi) is 2.75. The number of alkyl halides is 3. The minimum Gasteiger partial charge on any atom is -0.452 e. The zero-order valence-corrected chi connectivity index (χ0v) is 8.41. The van der Waals surface area contributed by atoms with Gasteiger partial charge in [-0.2, -0.15) is 13.2 Å². The van der Waals surface area contributed by atoms with Crippen LogP contribution in [0.5, 0.6) is 0 Å². The highest BCUT2D eigenvalue weighted by Crippen LogP contribution is 2.32. The lowest BCUT2D eigenvalue weighted by Gasteiger charge is -2.07. The first-order chi connectivity index (χ1) is 8.00. The quantitative estimate of drug-likeness (QED) is 0.803. The largest absolute Gasteiger partial charge is 0.452 e. The molecule has 0 aliphatic heterocycles. The molecule has 0 bridgehead atoms. The highest BCUT2D eigenvalue weighted by molar-refractivity contribution is 5.73. The van der Waals surface area contributed by atoms with E-state index >= 15 is 0 Å². The van der Waals surface area contributed by atoms with E-state index < -0.39 is 11.7 Å². The van der Waals surface area contributed by atoms with E-state index in [1.165, 1.54) is 30.6 Å². The van der Waals surface area contributed by atoms with Crippen LogP contribution >= 0.6 is 0 Å². The molecule has 0 aliphatic rings. The minimum atomic E-state index is -4.40. The van der Waals surface area contributed by atoms with Crippen molar-refractivity contribution in [2.24, 2.45) is 0 Å². The molecule has 17 heavy (non-hydrogen) atoms. The van der Waals surface area contributed by atoms with Crippen molar-refractivity contribution in [2.75, 3.05) is 0 Å². The molecule has 87 valence electrons. The molecular weight excluding hydrogens is 233 g/mol. The van der Waals surface area contributed by atoms with Crippen molar-refractivity contribution >= 4 is 6.29 Å². The van der Waals surface area contributed by atoms with Crippen molar-refractivity contribution in [1.29, 1.82) is 0 Å². The Morgan fingerprint density at radius 1 is 1.12 bits per heavy atom. The Labute approximate surface area is 94.7 Å². The lowest BCUT2D eigenvalue weighted by molar-refractivity contribution is -0.137. The predicted molar refractivity (Wildman–Crippen MR) is 53.9 cm³/mol. The second-order valence-electron chi connectivity index (χ2n) is 3.34. The number of furan rings is 1. The second-order valence-corrected chi connectivity index (χ2v) is 3.34.